The Morgan fingerprint density at radius 2 is 2.28 bits per heavy atom. The molecule has 0 unspecified atom stereocenters. The Kier molecular flexibility index (Phi) is 7.23. The van der Waals surface area contributed by atoms with Crippen LogP contribution in [0.4, 0.5) is 0 Å². The number of rotatable bonds is 7. The van der Waals surface area contributed by atoms with Gasteiger partial charge >= 0.3 is 0 Å². The van der Waals surface area contributed by atoms with Crippen molar-refractivity contribution in [2.45, 2.75) is 32.8 Å². The molecule has 0 aromatic carbocycles. The number of carbonyl (C=O) groups excluding carboxylic acids is 1. The number of unbranched alkanes of at least 4 members (excludes halogenated alkanes) is 1. The number of hydrogen-bond donors (Lipinski definition) is 1. The van der Waals surface area contributed by atoms with Gasteiger partial charge in [-0.2, -0.15) is 0 Å². The Hall–Kier alpha value is -0.650. The summed E-state index contributed by atoms with van der Waals surface area (Å²) >= 11 is 0. The first kappa shape index (κ1) is 15.4. The van der Waals surface area contributed by atoms with Crippen molar-refractivity contribution in [1.82, 2.24) is 9.80 Å². The van der Waals surface area contributed by atoms with Crippen LogP contribution in [0.5, 0.6) is 0 Å². The average molecular weight is 258 g/mol. The van der Waals surface area contributed by atoms with Gasteiger partial charge in [0.05, 0.1) is 25.9 Å². The van der Waals surface area contributed by atoms with E-state index in [2.05, 4.69) is 6.92 Å². The number of aliphatic hydroxyl groups is 1. The van der Waals surface area contributed by atoms with Gasteiger partial charge in [-0.3, -0.25) is 9.69 Å². The second-order valence-electron chi connectivity index (χ2n) is 4.87. The number of amides is 1. The summed E-state index contributed by atoms with van der Waals surface area (Å²) in [5.74, 6) is 0.148. The van der Waals surface area contributed by atoms with Crippen molar-refractivity contribution in [3.05, 3.63) is 0 Å². The summed E-state index contributed by atoms with van der Waals surface area (Å²) in [6.07, 6.45) is 2.29. The molecule has 0 aromatic rings. The minimum Gasteiger partial charge on any atom is -0.395 e. The molecule has 5 heteroatoms. The van der Waals surface area contributed by atoms with Gasteiger partial charge in [-0.1, -0.05) is 13.3 Å². The summed E-state index contributed by atoms with van der Waals surface area (Å²) < 4.78 is 5.43. The van der Waals surface area contributed by atoms with Crippen molar-refractivity contribution in [2.24, 2.45) is 0 Å². The predicted molar refractivity (Wildman–Crippen MR) is 70.4 cm³/mol. The Bertz CT molecular complexity index is 248. The molecule has 0 aromatic heterocycles. The molecule has 106 valence electrons. The van der Waals surface area contributed by atoms with Gasteiger partial charge in [0, 0.05) is 19.6 Å². The fraction of sp³-hybridized carbons (Fsp3) is 0.923. The van der Waals surface area contributed by atoms with E-state index in [0.29, 0.717) is 32.8 Å². The zero-order valence-electron chi connectivity index (χ0n) is 11.6. The smallest absolute Gasteiger partial charge is 0.236 e. The fourth-order valence-electron chi connectivity index (χ4n) is 2.13. The van der Waals surface area contributed by atoms with E-state index in [0.717, 1.165) is 19.4 Å². The molecular weight excluding hydrogens is 232 g/mol. The van der Waals surface area contributed by atoms with Crippen LogP contribution in [-0.2, 0) is 9.53 Å². The number of morpholine rings is 1. The highest BCUT2D eigenvalue weighted by Crippen LogP contribution is 2.06. The first-order chi connectivity index (χ1) is 8.67. The summed E-state index contributed by atoms with van der Waals surface area (Å²) in [5, 5.41) is 9.01. The molecule has 1 N–H and O–H groups in total. The van der Waals surface area contributed by atoms with Crippen molar-refractivity contribution in [3.8, 4) is 0 Å². The Labute approximate surface area is 110 Å². The SMILES string of the molecule is CCCCN(CCO)CC(=O)N1CCO[C@@H](C)C1. The topological polar surface area (TPSA) is 53.0 Å². The third kappa shape index (κ3) is 5.33. The zero-order valence-corrected chi connectivity index (χ0v) is 11.6. The first-order valence-electron chi connectivity index (χ1n) is 6.90. The summed E-state index contributed by atoms with van der Waals surface area (Å²) in [6, 6.07) is 0. The Balaban J connectivity index is 2.38. The number of aliphatic hydroxyl groups excluding tert-OH is 1. The van der Waals surface area contributed by atoms with E-state index < -0.39 is 0 Å². The molecule has 1 saturated heterocycles. The van der Waals surface area contributed by atoms with Gasteiger partial charge < -0.3 is 14.7 Å². The quantitative estimate of drug-likeness (QED) is 0.715. The molecule has 1 aliphatic heterocycles. The van der Waals surface area contributed by atoms with Crippen molar-refractivity contribution in [2.75, 3.05) is 45.9 Å². The lowest BCUT2D eigenvalue weighted by Gasteiger charge is -2.33. The Morgan fingerprint density at radius 1 is 1.50 bits per heavy atom. The third-order valence-electron chi connectivity index (χ3n) is 3.20. The minimum absolute atomic E-state index is 0.108. The zero-order chi connectivity index (χ0) is 13.4. The summed E-state index contributed by atoms with van der Waals surface area (Å²) in [4.78, 5) is 16.0. The van der Waals surface area contributed by atoms with Crippen molar-refractivity contribution < 1.29 is 14.6 Å². The highest BCUT2D eigenvalue weighted by Gasteiger charge is 2.22. The van der Waals surface area contributed by atoms with E-state index in [4.69, 9.17) is 9.84 Å². The van der Waals surface area contributed by atoms with Gasteiger partial charge in [0.25, 0.3) is 0 Å². The molecule has 0 bridgehead atoms. The lowest BCUT2D eigenvalue weighted by molar-refractivity contribution is -0.139. The number of nitrogens with zero attached hydrogens (tertiary/aromatic N) is 2. The molecule has 1 heterocycles. The van der Waals surface area contributed by atoms with Crippen molar-refractivity contribution >= 4 is 5.91 Å². The fourth-order valence-corrected chi connectivity index (χ4v) is 2.13. The molecule has 0 aliphatic carbocycles. The Morgan fingerprint density at radius 3 is 2.89 bits per heavy atom. The average Bonchev–Trinajstić information content (AvgIpc) is 2.36. The molecule has 0 spiro atoms. The second-order valence-corrected chi connectivity index (χ2v) is 4.87. The van der Waals surface area contributed by atoms with Gasteiger partial charge in [-0.25, -0.2) is 0 Å². The molecule has 0 saturated carbocycles. The van der Waals surface area contributed by atoms with Gasteiger partial charge in [0.2, 0.25) is 5.91 Å². The number of ether oxygens (including phenoxy) is 1. The van der Waals surface area contributed by atoms with E-state index in [1.54, 1.807) is 0 Å². The lowest BCUT2D eigenvalue weighted by atomic mass is 10.2. The van der Waals surface area contributed by atoms with E-state index in [-0.39, 0.29) is 18.6 Å². The molecule has 1 rings (SSSR count). The van der Waals surface area contributed by atoms with Crippen LogP contribution in [0, 0.1) is 0 Å². The molecule has 1 atom stereocenters. The van der Waals surface area contributed by atoms with Crippen molar-refractivity contribution in [1.29, 1.82) is 0 Å². The maximum Gasteiger partial charge on any atom is 0.236 e. The maximum atomic E-state index is 12.1. The van der Waals surface area contributed by atoms with Crippen LogP contribution in [0.25, 0.3) is 0 Å². The van der Waals surface area contributed by atoms with Crippen LogP contribution in [-0.4, -0.2) is 72.9 Å². The highest BCUT2D eigenvalue weighted by atomic mass is 16.5. The molecule has 1 aliphatic rings. The molecular formula is C13H26N2O3. The normalized spacial score (nSPS) is 20.4. The highest BCUT2D eigenvalue weighted by molar-refractivity contribution is 5.78. The molecule has 0 radical (unpaired) electrons. The first-order valence-corrected chi connectivity index (χ1v) is 6.90. The summed E-state index contributed by atoms with van der Waals surface area (Å²) in [6.45, 7) is 8.08. The van der Waals surface area contributed by atoms with Gasteiger partial charge in [0.1, 0.15) is 0 Å². The van der Waals surface area contributed by atoms with Gasteiger partial charge in [-0.15, -0.1) is 0 Å². The van der Waals surface area contributed by atoms with Gasteiger partial charge in [-0.05, 0) is 19.9 Å². The van der Waals surface area contributed by atoms with E-state index in [9.17, 15) is 4.79 Å². The van der Waals surface area contributed by atoms with Crippen LogP contribution in [0.3, 0.4) is 0 Å². The van der Waals surface area contributed by atoms with E-state index in [1.165, 1.54) is 0 Å². The van der Waals surface area contributed by atoms with Crippen LogP contribution < -0.4 is 0 Å². The van der Waals surface area contributed by atoms with Crippen LogP contribution in [0.1, 0.15) is 26.7 Å². The molecule has 5 nitrogen and oxygen atoms in total. The van der Waals surface area contributed by atoms with Gasteiger partial charge in [0.15, 0.2) is 0 Å². The second kappa shape index (κ2) is 8.45. The monoisotopic (exact) mass is 258 g/mol. The predicted octanol–water partition coefficient (Wildman–Crippen LogP) is 0.328. The number of hydrogen-bond acceptors (Lipinski definition) is 4. The molecule has 1 fully saturated rings. The molecule has 18 heavy (non-hydrogen) atoms. The van der Waals surface area contributed by atoms with E-state index >= 15 is 0 Å². The maximum absolute atomic E-state index is 12.1. The van der Waals surface area contributed by atoms with Crippen LogP contribution in [0.2, 0.25) is 0 Å². The minimum atomic E-state index is 0.108. The van der Waals surface area contributed by atoms with Crippen molar-refractivity contribution in [3.63, 3.8) is 0 Å². The summed E-state index contributed by atoms with van der Waals surface area (Å²) in [5.41, 5.74) is 0. The summed E-state index contributed by atoms with van der Waals surface area (Å²) in [7, 11) is 0. The van der Waals surface area contributed by atoms with Crippen LogP contribution in [0.15, 0.2) is 0 Å². The van der Waals surface area contributed by atoms with Crippen LogP contribution >= 0.6 is 0 Å². The molecule has 1 amide bonds. The number of carbonyl (C=O) groups is 1. The third-order valence-corrected chi connectivity index (χ3v) is 3.20. The van der Waals surface area contributed by atoms with E-state index in [1.807, 2.05) is 16.7 Å². The lowest BCUT2D eigenvalue weighted by Crippen LogP contribution is -2.48. The largest absolute Gasteiger partial charge is 0.395 e. The standard InChI is InChI=1S/C13H26N2O3/c1-3-4-5-14(6-8-16)11-13(17)15-7-9-18-12(2)10-15/h12,16H,3-11H2,1-2H3/t12-/m0/s1.